The number of rotatable bonds is 6. The van der Waals surface area contributed by atoms with E-state index in [4.69, 9.17) is 16.3 Å². The molecule has 5 nitrogen and oxygen atoms in total. The summed E-state index contributed by atoms with van der Waals surface area (Å²) < 4.78 is 6.58. The number of hydrogen-bond donors (Lipinski definition) is 0. The molecule has 0 saturated heterocycles. The molecule has 0 amide bonds. The van der Waals surface area contributed by atoms with Gasteiger partial charge in [0.05, 0.1) is 31.6 Å². The molecule has 3 aromatic rings. The Labute approximate surface area is 163 Å². The van der Waals surface area contributed by atoms with Crippen LogP contribution in [0, 0.1) is 0 Å². The van der Waals surface area contributed by atoms with Crippen molar-refractivity contribution in [3.05, 3.63) is 87.3 Å². The molecule has 0 saturated carbocycles. The van der Waals surface area contributed by atoms with Crippen LogP contribution in [0.2, 0.25) is 5.02 Å². The van der Waals surface area contributed by atoms with Gasteiger partial charge in [-0.05, 0) is 30.2 Å². The molecule has 6 heteroatoms. The summed E-state index contributed by atoms with van der Waals surface area (Å²) in [7, 11) is 3.54. The minimum Gasteiger partial charge on any atom is -0.497 e. The Balaban J connectivity index is 1.85. The molecule has 0 bridgehead atoms. The van der Waals surface area contributed by atoms with E-state index >= 15 is 0 Å². The lowest BCUT2D eigenvalue weighted by Crippen LogP contribution is -2.29. The van der Waals surface area contributed by atoms with E-state index in [-0.39, 0.29) is 16.6 Å². The molecule has 3 rings (SSSR count). The lowest BCUT2D eigenvalue weighted by molar-refractivity contribution is 0.414. The second-order valence-corrected chi connectivity index (χ2v) is 6.73. The number of aromatic nitrogens is 2. The van der Waals surface area contributed by atoms with Gasteiger partial charge in [0.2, 0.25) is 0 Å². The van der Waals surface area contributed by atoms with E-state index in [9.17, 15) is 4.79 Å². The third kappa shape index (κ3) is 4.14. The van der Waals surface area contributed by atoms with Crippen LogP contribution in [-0.4, -0.2) is 23.9 Å². The van der Waals surface area contributed by atoms with Gasteiger partial charge in [-0.2, -0.15) is 5.10 Å². The number of ether oxygens (including phenoxy) is 1. The standard InChI is InChI=1S/C21H22ClN3O2/c1-15(17-9-11-18(27-3)12-10-17)24(2)19-13-23-25(21(26)20(19)22)14-16-7-5-4-6-8-16/h4-13,15H,14H2,1-3H3. The van der Waals surface area contributed by atoms with Crippen molar-refractivity contribution in [2.45, 2.75) is 19.5 Å². The molecule has 140 valence electrons. The topological polar surface area (TPSA) is 47.4 Å². The lowest BCUT2D eigenvalue weighted by atomic mass is 10.1. The van der Waals surface area contributed by atoms with Crippen molar-refractivity contribution in [3.8, 4) is 5.75 Å². The van der Waals surface area contributed by atoms with Gasteiger partial charge in [-0.15, -0.1) is 0 Å². The summed E-state index contributed by atoms with van der Waals surface area (Å²) in [6.45, 7) is 2.44. The zero-order chi connectivity index (χ0) is 19.4. The number of halogens is 1. The van der Waals surface area contributed by atoms with Crippen molar-refractivity contribution in [2.75, 3.05) is 19.1 Å². The molecule has 1 heterocycles. The molecule has 1 atom stereocenters. The average molecular weight is 384 g/mol. The van der Waals surface area contributed by atoms with E-state index in [0.717, 1.165) is 16.9 Å². The first-order valence-electron chi connectivity index (χ1n) is 8.67. The molecule has 2 aromatic carbocycles. The minimum absolute atomic E-state index is 0.0135. The van der Waals surface area contributed by atoms with E-state index in [0.29, 0.717) is 12.2 Å². The zero-order valence-corrected chi connectivity index (χ0v) is 16.3. The Morgan fingerprint density at radius 3 is 2.44 bits per heavy atom. The van der Waals surface area contributed by atoms with Gasteiger partial charge in [-0.3, -0.25) is 4.79 Å². The Morgan fingerprint density at radius 1 is 1.15 bits per heavy atom. The Morgan fingerprint density at radius 2 is 1.81 bits per heavy atom. The van der Waals surface area contributed by atoms with Crippen molar-refractivity contribution >= 4 is 17.3 Å². The van der Waals surface area contributed by atoms with E-state index in [1.165, 1.54) is 4.68 Å². The predicted molar refractivity (Wildman–Crippen MR) is 109 cm³/mol. The van der Waals surface area contributed by atoms with Crippen molar-refractivity contribution in [1.82, 2.24) is 9.78 Å². The highest BCUT2D eigenvalue weighted by Gasteiger charge is 2.18. The van der Waals surface area contributed by atoms with E-state index < -0.39 is 0 Å². The molecule has 0 radical (unpaired) electrons. The fourth-order valence-electron chi connectivity index (χ4n) is 2.89. The summed E-state index contributed by atoms with van der Waals surface area (Å²) in [5, 5.41) is 4.49. The molecule has 1 aromatic heterocycles. The fraction of sp³-hybridized carbons (Fsp3) is 0.238. The van der Waals surface area contributed by atoms with Gasteiger partial charge in [0.15, 0.2) is 0 Å². The monoisotopic (exact) mass is 383 g/mol. The number of benzene rings is 2. The third-order valence-electron chi connectivity index (χ3n) is 4.70. The van der Waals surface area contributed by atoms with Gasteiger partial charge in [0, 0.05) is 7.05 Å². The van der Waals surface area contributed by atoms with Crippen LogP contribution in [0.3, 0.4) is 0 Å². The van der Waals surface area contributed by atoms with Gasteiger partial charge >= 0.3 is 0 Å². The average Bonchev–Trinajstić information content (AvgIpc) is 2.71. The summed E-state index contributed by atoms with van der Waals surface area (Å²) in [6, 6.07) is 17.5. The Bertz CT molecular complexity index is 955. The van der Waals surface area contributed by atoms with E-state index in [2.05, 4.69) is 5.10 Å². The predicted octanol–water partition coefficient (Wildman–Crippen LogP) is 4.15. The first-order valence-corrected chi connectivity index (χ1v) is 9.05. The molecule has 0 aliphatic carbocycles. The van der Waals surface area contributed by atoms with Crippen LogP contribution in [0.15, 0.2) is 65.6 Å². The van der Waals surface area contributed by atoms with E-state index in [1.807, 2.05) is 73.5 Å². The van der Waals surface area contributed by atoms with Crippen LogP contribution in [0.25, 0.3) is 0 Å². The SMILES string of the molecule is COc1ccc(C(C)N(C)c2cnn(Cc3ccccc3)c(=O)c2Cl)cc1. The second-order valence-electron chi connectivity index (χ2n) is 6.35. The fourth-order valence-corrected chi connectivity index (χ4v) is 3.17. The van der Waals surface area contributed by atoms with E-state index in [1.54, 1.807) is 13.3 Å². The molecule has 1 unspecified atom stereocenters. The van der Waals surface area contributed by atoms with Crippen molar-refractivity contribution in [1.29, 1.82) is 0 Å². The number of hydrogen-bond acceptors (Lipinski definition) is 4. The second kappa shape index (κ2) is 8.27. The summed E-state index contributed by atoms with van der Waals surface area (Å²) in [4.78, 5) is 14.6. The highest BCUT2D eigenvalue weighted by atomic mass is 35.5. The summed E-state index contributed by atoms with van der Waals surface area (Å²) in [5.41, 5.74) is 2.39. The largest absolute Gasteiger partial charge is 0.497 e. The van der Waals surface area contributed by atoms with Gasteiger partial charge in [0.1, 0.15) is 10.8 Å². The maximum absolute atomic E-state index is 12.7. The molecule has 0 fully saturated rings. The van der Waals surface area contributed by atoms with Crippen molar-refractivity contribution < 1.29 is 4.74 Å². The summed E-state index contributed by atoms with van der Waals surface area (Å²) >= 11 is 6.40. The number of methoxy groups -OCH3 is 1. The normalized spacial score (nSPS) is 11.9. The molecular weight excluding hydrogens is 362 g/mol. The smallest absolute Gasteiger partial charge is 0.287 e. The third-order valence-corrected chi connectivity index (χ3v) is 5.06. The Kier molecular flexibility index (Phi) is 5.81. The zero-order valence-electron chi connectivity index (χ0n) is 15.6. The molecule has 0 spiro atoms. The maximum atomic E-state index is 12.7. The number of anilines is 1. The molecule has 0 N–H and O–H groups in total. The van der Waals surface area contributed by atoms with Crippen molar-refractivity contribution in [3.63, 3.8) is 0 Å². The highest BCUT2D eigenvalue weighted by Crippen LogP contribution is 2.29. The van der Waals surface area contributed by atoms with Crippen LogP contribution >= 0.6 is 11.6 Å². The lowest BCUT2D eigenvalue weighted by Gasteiger charge is -2.28. The molecule has 0 aliphatic rings. The van der Waals surface area contributed by atoms with Crippen LogP contribution < -0.4 is 15.2 Å². The summed E-state index contributed by atoms with van der Waals surface area (Å²) in [6.07, 6.45) is 1.65. The first kappa shape index (κ1) is 19.0. The highest BCUT2D eigenvalue weighted by molar-refractivity contribution is 6.33. The van der Waals surface area contributed by atoms with Crippen molar-refractivity contribution in [2.24, 2.45) is 0 Å². The molecule has 0 aliphatic heterocycles. The summed E-state index contributed by atoms with van der Waals surface area (Å²) in [5.74, 6) is 0.803. The van der Waals surface area contributed by atoms with Gasteiger partial charge in [-0.25, -0.2) is 4.68 Å². The van der Waals surface area contributed by atoms with Gasteiger partial charge in [0.25, 0.3) is 5.56 Å². The number of nitrogens with zero attached hydrogens (tertiary/aromatic N) is 3. The maximum Gasteiger partial charge on any atom is 0.287 e. The van der Waals surface area contributed by atoms with Crippen LogP contribution in [0.1, 0.15) is 24.1 Å². The molecule has 27 heavy (non-hydrogen) atoms. The van der Waals surface area contributed by atoms with Gasteiger partial charge < -0.3 is 9.64 Å². The van der Waals surface area contributed by atoms with Crippen LogP contribution in [0.5, 0.6) is 5.75 Å². The quantitative estimate of drug-likeness (QED) is 0.641. The minimum atomic E-state index is -0.299. The van der Waals surface area contributed by atoms with Gasteiger partial charge in [-0.1, -0.05) is 54.1 Å². The Hall–Kier alpha value is -2.79. The molecular formula is C21H22ClN3O2. The van der Waals surface area contributed by atoms with Crippen LogP contribution in [-0.2, 0) is 6.54 Å². The first-order chi connectivity index (χ1) is 13.0. The van der Waals surface area contributed by atoms with Crippen LogP contribution in [0.4, 0.5) is 5.69 Å².